The lowest BCUT2D eigenvalue weighted by Gasteiger charge is -2.26. The van der Waals surface area contributed by atoms with E-state index in [1.807, 2.05) is 0 Å². The first kappa shape index (κ1) is 10.6. The highest BCUT2D eigenvalue weighted by Crippen LogP contribution is 2.59. The second-order valence-corrected chi connectivity index (χ2v) is 5.72. The van der Waals surface area contributed by atoms with Gasteiger partial charge < -0.3 is 10.2 Å². The zero-order valence-electron chi connectivity index (χ0n) is 10.2. The van der Waals surface area contributed by atoms with E-state index in [1.165, 1.54) is 25.7 Å². The largest absolute Gasteiger partial charge is 0.340 e. The first-order valence-electron chi connectivity index (χ1n) is 6.78. The number of piperidine rings is 1. The summed E-state index contributed by atoms with van der Waals surface area (Å²) >= 11 is 0. The SMILES string of the molecule is CCN(C(=O)C1CC12CCNCC2)C1CC1. The molecule has 1 amide bonds. The van der Waals surface area contributed by atoms with Crippen molar-refractivity contribution in [2.45, 2.75) is 45.1 Å². The minimum atomic E-state index is 0.371. The smallest absolute Gasteiger partial charge is 0.226 e. The number of carbonyl (C=O) groups excluding carboxylic acids is 1. The minimum Gasteiger partial charge on any atom is -0.340 e. The van der Waals surface area contributed by atoms with Gasteiger partial charge in [0.1, 0.15) is 0 Å². The maximum absolute atomic E-state index is 12.4. The highest BCUT2D eigenvalue weighted by atomic mass is 16.2. The van der Waals surface area contributed by atoms with E-state index < -0.39 is 0 Å². The van der Waals surface area contributed by atoms with Crippen LogP contribution in [0.2, 0.25) is 0 Å². The van der Waals surface area contributed by atoms with Gasteiger partial charge in [-0.3, -0.25) is 4.79 Å². The van der Waals surface area contributed by atoms with Gasteiger partial charge >= 0.3 is 0 Å². The van der Waals surface area contributed by atoms with Gasteiger partial charge in [-0.15, -0.1) is 0 Å². The third-order valence-electron chi connectivity index (χ3n) is 4.70. The fourth-order valence-electron chi connectivity index (χ4n) is 3.35. The van der Waals surface area contributed by atoms with E-state index in [4.69, 9.17) is 0 Å². The number of nitrogens with zero attached hydrogens (tertiary/aromatic N) is 1. The van der Waals surface area contributed by atoms with E-state index in [0.717, 1.165) is 26.1 Å². The molecule has 1 spiro atoms. The summed E-state index contributed by atoms with van der Waals surface area (Å²) in [6, 6.07) is 0.594. The van der Waals surface area contributed by atoms with Crippen molar-refractivity contribution in [3.8, 4) is 0 Å². The molecule has 0 aromatic carbocycles. The van der Waals surface area contributed by atoms with Crippen molar-refractivity contribution in [3.05, 3.63) is 0 Å². The van der Waals surface area contributed by atoms with Crippen LogP contribution in [0.25, 0.3) is 0 Å². The predicted molar refractivity (Wildman–Crippen MR) is 63.1 cm³/mol. The molecule has 1 N–H and O–H groups in total. The quantitative estimate of drug-likeness (QED) is 0.782. The topological polar surface area (TPSA) is 32.3 Å². The van der Waals surface area contributed by atoms with E-state index in [-0.39, 0.29) is 0 Å². The lowest BCUT2D eigenvalue weighted by molar-refractivity contribution is -0.134. The normalized spacial score (nSPS) is 31.4. The summed E-state index contributed by atoms with van der Waals surface area (Å²) in [5.74, 6) is 0.835. The molecule has 1 saturated heterocycles. The van der Waals surface area contributed by atoms with Crippen LogP contribution in [0.4, 0.5) is 0 Å². The van der Waals surface area contributed by atoms with Crippen LogP contribution in [-0.4, -0.2) is 36.5 Å². The fraction of sp³-hybridized carbons (Fsp3) is 0.923. The molecule has 3 rings (SSSR count). The molecule has 90 valence electrons. The van der Waals surface area contributed by atoms with Crippen molar-refractivity contribution in [2.75, 3.05) is 19.6 Å². The number of nitrogens with one attached hydrogen (secondary N) is 1. The molecule has 3 heteroatoms. The van der Waals surface area contributed by atoms with Crippen molar-refractivity contribution in [3.63, 3.8) is 0 Å². The summed E-state index contributed by atoms with van der Waals surface area (Å²) in [5.41, 5.74) is 0.407. The maximum atomic E-state index is 12.4. The van der Waals surface area contributed by atoms with Crippen molar-refractivity contribution < 1.29 is 4.79 Å². The van der Waals surface area contributed by atoms with Crippen LogP contribution >= 0.6 is 0 Å². The van der Waals surface area contributed by atoms with Gasteiger partial charge in [0.15, 0.2) is 0 Å². The van der Waals surface area contributed by atoms with Crippen LogP contribution in [0.1, 0.15) is 39.0 Å². The molecule has 3 fully saturated rings. The summed E-state index contributed by atoms with van der Waals surface area (Å²) < 4.78 is 0. The average Bonchev–Trinajstić information content (AvgIpc) is 3.18. The van der Waals surface area contributed by atoms with Crippen molar-refractivity contribution >= 4 is 5.91 Å². The van der Waals surface area contributed by atoms with Crippen LogP contribution in [0, 0.1) is 11.3 Å². The van der Waals surface area contributed by atoms with Gasteiger partial charge in [0.25, 0.3) is 0 Å². The van der Waals surface area contributed by atoms with Gasteiger partial charge in [0.2, 0.25) is 5.91 Å². The molecule has 3 nitrogen and oxygen atoms in total. The van der Waals surface area contributed by atoms with Crippen LogP contribution in [0.3, 0.4) is 0 Å². The first-order valence-corrected chi connectivity index (χ1v) is 6.78. The molecule has 2 aliphatic carbocycles. The van der Waals surface area contributed by atoms with Crippen LogP contribution in [0.15, 0.2) is 0 Å². The average molecular weight is 222 g/mol. The second kappa shape index (κ2) is 3.73. The number of hydrogen-bond donors (Lipinski definition) is 1. The Morgan fingerprint density at radius 1 is 1.38 bits per heavy atom. The molecule has 1 unspecified atom stereocenters. The van der Waals surface area contributed by atoms with Gasteiger partial charge in [0, 0.05) is 18.5 Å². The molecule has 2 saturated carbocycles. The first-order chi connectivity index (χ1) is 7.77. The Labute approximate surface area is 97.6 Å². The molecule has 0 bridgehead atoms. The molecular weight excluding hydrogens is 200 g/mol. The Hall–Kier alpha value is -0.570. The van der Waals surface area contributed by atoms with E-state index >= 15 is 0 Å². The Balaban J connectivity index is 1.63. The molecule has 1 heterocycles. The van der Waals surface area contributed by atoms with Crippen molar-refractivity contribution in [1.82, 2.24) is 10.2 Å². The molecule has 3 aliphatic rings. The highest BCUT2D eigenvalue weighted by Gasteiger charge is 2.59. The van der Waals surface area contributed by atoms with E-state index in [2.05, 4.69) is 17.1 Å². The minimum absolute atomic E-state index is 0.371. The zero-order chi connectivity index (χ0) is 11.2. The third kappa shape index (κ3) is 1.65. The number of carbonyl (C=O) groups is 1. The predicted octanol–water partition coefficient (Wildman–Crippen LogP) is 1.39. The molecule has 1 atom stereocenters. The van der Waals surface area contributed by atoms with Crippen LogP contribution in [-0.2, 0) is 4.79 Å². The van der Waals surface area contributed by atoms with Gasteiger partial charge in [-0.1, -0.05) is 0 Å². The van der Waals surface area contributed by atoms with Crippen molar-refractivity contribution in [1.29, 1.82) is 0 Å². The molecule has 1 aliphatic heterocycles. The Kier molecular flexibility index (Phi) is 2.46. The summed E-state index contributed by atoms with van der Waals surface area (Å²) in [6.45, 7) is 5.25. The number of amides is 1. The van der Waals surface area contributed by atoms with E-state index in [0.29, 0.717) is 23.3 Å². The molecule has 0 radical (unpaired) electrons. The lowest BCUT2D eigenvalue weighted by Crippen LogP contribution is -2.37. The summed E-state index contributed by atoms with van der Waals surface area (Å²) in [4.78, 5) is 14.5. The monoisotopic (exact) mass is 222 g/mol. The fourth-order valence-corrected chi connectivity index (χ4v) is 3.35. The van der Waals surface area contributed by atoms with E-state index in [9.17, 15) is 4.79 Å². The summed E-state index contributed by atoms with van der Waals surface area (Å²) in [7, 11) is 0. The summed E-state index contributed by atoms with van der Waals surface area (Å²) in [5, 5.41) is 3.39. The Morgan fingerprint density at radius 3 is 2.62 bits per heavy atom. The highest BCUT2D eigenvalue weighted by molar-refractivity contribution is 5.83. The van der Waals surface area contributed by atoms with Crippen LogP contribution < -0.4 is 5.32 Å². The van der Waals surface area contributed by atoms with E-state index in [1.54, 1.807) is 0 Å². The zero-order valence-corrected chi connectivity index (χ0v) is 10.2. The molecule has 0 aromatic heterocycles. The van der Waals surface area contributed by atoms with Gasteiger partial charge in [-0.25, -0.2) is 0 Å². The van der Waals surface area contributed by atoms with Gasteiger partial charge in [0.05, 0.1) is 0 Å². The number of rotatable bonds is 3. The van der Waals surface area contributed by atoms with Gasteiger partial charge in [-0.05, 0) is 57.5 Å². The Bertz CT molecular complexity index is 292. The molecule has 0 aromatic rings. The van der Waals surface area contributed by atoms with Crippen molar-refractivity contribution in [2.24, 2.45) is 11.3 Å². The molecular formula is C13H22N2O. The van der Waals surface area contributed by atoms with Gasteiger partial charge in [-0.2, -0.15) is 0 Å². The number of hydrogen-bond acceptors (Lipinski definition) is 2. The van der Waals surface area contributed by atoms with Crippen LogP contribution in [0.5, 0.6) is 0 Å². The summed E-state index contributed by atoms with van der Waals surface area (Å²) in [6.07, 6.45) is 6.07. The molecule has 16 heavy (non-hydrogen) atoms. The third-order valence-corrected chi connectivity index (χ3v) is 4.70. The standard InChI is InChI=1S/C13H22N2O/c1-2-15(10-3-4-10)12(16)11-9-13(11)5-7-14-8-6-13/h10-11,14H,2-9H2,1H3. The lowest BCUT2D eigenvalue weighted by atomic mass is 9.91. The second-order valence-electron chi connectivity index (χ2n) is 5.72. The maximum Gasteiger partial charge on any atom is 0.226 e. The Morgan fingerprint density at radius 2 is 2.06 bits per heavy atom.